The Morgan fingerprint density at radius 1 is 0.742 bits per heavy atom. The molecule has 0 fully saturated rings. The second kappa shape index (κ2) is 17.8. The maximum atomic E-state index is 12.1. The van der Waals surface area contributed by atoms with Crippen LogP contribution >= 0.6 is 0 Å². The predicted octanol–water partition coefficient (Wildman–Crippen LogP) is 8.28. The fraction of sp³-hybridized carbons (Fsp3) is 0.704. The van der Waals surface area contributed by atoms with Crippen LogP contribution < -0.4 is 5.32 Å². The molecule has 1 rings (SSSR count). The lowest BCUT2D eigenvalue weighted by molar-refractivity contribution is -0.116. The molecule has 4 nitrogen and oxygen atoms in total. The van der Waals surface area contributed by atoms with Crippen molar-refractivity contribution in [2.45, 2.75) is 123 Å². The van der Waals surface area contributed by atoms with E-state index in [4.69, 9.17) is 5.11 Å². The molecule has 1 amide bonds. The first kappa shape index (κ1) is 27.2. The van der Waals surface area contributed by atoms with Crippen LogP contribution in [0.1, 0.15) is 132 Å². The number of amides is 1. The summed E-state index contributed by atoms with van der Waals surface area (Å²) in [6.45, 7) is 4.14. The number of carbonyl (C=O) groups excluding carboxylic acids is 1. The molecule has 0 saturated heterocycles. The standard InChI is InChI=1S/C27H45NO3/c1-3-4-5-6-7-8-9-10-11-12-13-14-15-16-17-18-19-26(29)28-25-22-24(27(30)31)21-20-23(25)2/h20-22H,3-19H2,1-2H3,(H,28,29)(H,30,31). The number of anilines is 1. The number of aromatic carboxylic acids is 1. The number of nitrogens with one attached hydrogen (secondary N) is 1. The molecule has 0 atom stereocenters. The molecule has 0 heterocycles. The quantitative estimate of drug-likeness (QED) is 0.216. The number of rotatable bonds is 19. The zero-order chi connectivity index (χ0) is 22.7. The monoisotopic (exact) mass is 431 g/mol. The summed E-state index contributed by atoms with van der Waals surface area (Å²) < 4.78 is 0. The minimum Gasteiger partial charge on any atom is -0.478 e. The Bertz CT molecular complexity index is 627. The lowest BCUT2D eigenvalue weighted by Gasteiger charge is -2.09. The van der Waals surface area contributed by atoms with Gasteiger partial charge in [0.15, 0.2) is 0 Å². The van der Waals surface area contributed by atoms with Crippen molar-refractivity contribution >= 4 is 17.6 Å². The molecule has 0 aliphatic carbocycles. The summed E-state index contributed by atoms with van der Waals surface area (Å²) in [7, 11) is 0. The molecule has 0 unspecified atom stereocenters. The van der Waals surface area contributed by atoms with Gasteiger partial charge in [-0.1, -0.05) is 109 Å². The Morgan fingerprint density at radius 2 is 1.19 bits per heavy atom. The van der Waals surface area contributed by atoms with Gasteiger partial charge in [-0.2, -0.15) is 0 Å². The lowest BCUT2D eigenvalue weighted by Crippen LogP contribution is -2.12. The van der Waals surface area contributed by atoms with Crippen LogP contribution in [-0.2, 0) is 4.79 Å². The van der Waals surface area contributed by atoms with Crippen LogP contribution in [0.15, 0.2) is 18.2 Å². The van der Waals surface area contributed by atoms with E-state index in [1.165, 1.54) is 96.0 Å². The highest BCUT2D eigenvalue weighted by molar-refractivity contribution is 5.94. The SMILES string of the molecule is CCCCCCCCCCCCCCCCCCC(=O)Nc1cc(C(=O)O)ccc1C. The average molecular weight is 432 g/mol. The van der Waals surface area contributed by atoms with Crippen molar-refractivity contribution in [2.75, 3.05) is 5.32 Å². The first-order valence-corrected chi connectivity index (χ1v) is 12.7. The van der Waals surface area contributed by atoms with Crippen molar-refractivity contribution in [3.8, 4) is 0 Å². The predicted molar refractivity (Wildman–Crippen MR) is 131 cm³/mol. The minimum absolute atomic E-state index is 0.0315. The third-order valence-corrected chi connectivity index (χ3v) is 6.02. The smallest absolute Gasteiger partial charge is 0.335 e. The van der Waals surface area contributed by atoms with Gasteiger partial charge < -0.3 is 10.4 Å². The number of hydrogen-bond acceptors (Lipinski definition) is 2. The van der Waals surface area contributed by atoms with Crippen LogP contribution in [0.3, 0.4) is 0 Å². The molecule has 0 aromatic heterocycles. The minimum atomic E-state index is -0.978. The van der Waals surface area contributed by atoms with Crippen LogP contribution in [0.4, 0.5) is 5.69 Å². The summed E-state index contributed by atoms with van der Waals surface area (Å²) >= 11 is 0. The maximum Gasteiger partial charge on any atom is 0.335 e. The molecule has 0 bridgehead atoms. The fourth-order valence-electron chi connectivity index (χ4n) is 3.94. The summed E-state index contributed by atoms with van der Waals surface area (Å²) in [5.41, 5.74) is 1.68. The zero-order valence-electron chi connectivity index (χ0n) is 20.0. The van der Waals surface area contributed by atoms with Crippen LogP contribution in [0.2, 0.25) is 0 Å². The van der Waals surface area contributed by atoms with Crippen molar-refractivity contribution in [3.05, 3.63) is 29.3 Å². The molecule has 1 aromatic rings. The molecular weight excluding hydrogens is 386 g/mol. The number of carbonyl (C=O) groups is 2. The molecule has 176 valence electrons. The van der Waals surface area contributed by atoms with E-state index in [9.17, 15) is 9.59 Å². The Hall–Kier alpha value is -1.84. The third-order valence-electron chi connectivity index (χ3n) is 6.02. The van der Waals surface area contributed by atoms with Crippen LogP contribution in [0, 0.1) is 6.92 Å². The van der Waals surface area contributed by atoms with Crippen LogP contribution in [0.25, 0.3) is 0 Å². The summed E-state index contributed by atoms with van der Waals surface area (Å²) in [5.74, 6) is -1.01. The summed E-state index contributed by atoms with van der Waals surface area (Å²) in [6.07, 6.45) is 21.6. The second-order valence-corrected chi connectivity index (χ2v) is 8.94. The molecule has 0 aliphatic rings. The molecule has 0 saturated carbocycles. The second-order valence-electron chi connectivity index (χ2n) is 8.94. The van der Waals surface area contributed by atoms with Gasteiger partial charge in [-0.25, -0.2) is 4.79 Å². The summed E-state index contributed by atoms with van der Waals surface area (Å²) in [4.78, 5) is 23.2. The zero-order valence-corrected chi connectivity index (χ0v) is 20.0. The molecule has 4 heteroatoms. The van der Waals surface area contributed by atoms with E-state index in [-0.39, 0.29) is 11.5 Å². The van der Waals surface area contributed by atoms with E-state index in [0.29, 0.717) is 12.1 Å². The van der Waals surface area contributed by atoms with Gasteiger partial charge in [0.25, 0.3) is 0 Å². The van der Waals surface area contributed by atoms with E-state index in [1.54, 1.807) is 12.1 Å². The molecule has 1 aromatic carbocycles. The number of unbranched alkanes of at least 4 members (excludes halogenated alkanes) is 15. The van der Waals surface area contributed by atoms with E-state index in [1.807, 2.05) is 6.92 Å². The van der Waals surface area contributed by atoms with Gasteiger partial charge in [0.1, 0.15) is 0 Å². The van der Waals surface area contributed by atoms with Crippen molar-refractivity contribution in [3.63, 3.8) is 0 Å². The lowest BCUT2D eigenvalue weighted by atomic mass is 10.0. The van der Waals surface area contributed by atoms with E-state index < -0.39 is 5.97 Å². The summed E-state index contributed by atoms with van der Waals surface area (Å²) in [5, 5.41) is 11.9. The first-order valence-electron chi connectivity index (χ1n) is 12.7. The molecule has 0 aliphatic heterocycles. The topological polar surface area (TPSA) is 66.4 Å². The number of hydrogen-bond donors (Lipinski definition) is 2. The number of benzene rings is 1. The van der Waals surface area contributed by atoms with Crippen molar-refractivity contribution in [2.24, 2.45) is 0 Å². The Balaban J connectivity index is 1.94. The number of aryl methyl sites for hydroxylation is 1. The van der Waals surface area contributed by atoms with Gasteiger partial charge in [-0.15, -0.1) is 0 Å². The van der Waals surface area contributed by atoms with Gasteiger partial charge in [-0.3, -0.25) is 4.79 Å². The Kier molecular flexibility index (Phi) is 15.6. The van der Waals surface area contributed by atoms with Crippen LogP contribution in [0.5, 0.6) is 0 Å². The van der Waals surface area contributed by atoms with Gasteiger partial charge in [0.05, 0.1) is 5.56 Å². The Morgan fingerprint density at radius 3 is 1.65 bits per heavy atom. The van der Waals surface area contributed by atoms with Crippen molar-refractivity contribution in [1.82, 2.24) is 0 Å². The third kappa shape index (κ3) is 14.0. The highest BCUT2D eigenvalue weighted by Gasteiger charge is 2.09. The molecule has 2 N–H and O–H groups in total. The Labute approximate surface area is 190 Å². The fourth-order valence-corrected chi connectivity index (χ4v) is 3.94. The normalized spacial score (nSPS) is 10.9. The summed E-state index contributed by atoms with van der Waals surface area (Å²) in [6, 6.07) is 4.82. The largest absolute Gasteiger partial charge is 0.478 e. The highest BCUT2D eigenvalue weighted by Crippen LogP contribution is 2.18. The van der Waals surface area contributed by atoms with Crippen molar-refractivity contribution in [1.29, 1.82) is 0 Å². The van der Waals surface area contributed by atoms with Gasteiger partial charge in [-0.05, 0) is 31.0 Å². The van der Waals surface area contributed by atoms with E-state index >= 15 is 0 Å². The van der Waals surface area contributed by atoms with Gasteiger partial charge in [0.2, 0.25) is 5.91 Å². The molecule has 31 heavy (non-hydrogen) atoms. The first-order chi connectivity index (χ1) is 15.0. The highest BCUT2D eigenvalue weighted by atomic mass is 16.4. The molecular formula is C27H45NO3. The molecule has 0 spiro atoms. The van der Waals surface area contributed by atoms with Gasteiger partial charge in [0, 0.05) is 12.1 Å². The number of carboxylic acids is 1. The number of carboxylic acid groups (broad SMARTS) is 1. The van der Waals surface area contributed by atoms with Gasteiger partial charge >= 0.3 is 5.97 Å². The van der Waals surface area contributed by atoms with E-state index in [2.05, 4.69) is 12.2 Å². The maximum absolute atomic E-state index is 12.1. The molecule has 0 radical (unpaired) electrons. The van der Waals surface area contributed by atoms with E-state index in [0.717, 1.165) is 18.4 Å². The van der Waals surface area contributed by atoms with Crippen molar-refractivity contribution < 1.29 is 14.7 Å². The average Bonchev–Trinajstić information content (AvgIpc) is 2.74. The van der Waals surface area contributed by atoms with Crippen LogP contribution in [-0.4, -0.2) is 17.0 Å².